The van der Waals surface area contributed by atoms with Gasteiger partial charge in [0, 0.05) is 13.2 Å². The molecule has 0 spiro atoms. The summed E-state index contributed by atoms with van der Waals surface area (Å²) in [6, 6.07) is 3.33. The fourth-order valence-electron chi connectivity index (χ4n) is 2.48. The number of nitrogens with one attached hydrogen (secondary N) is 1. The number of hydrazine groups is 1. The molecule has 5 heteroatoms. The molecule has 0 bridgehead atoms. The van der Waals surface area contributed by atoms with Gasteiger partial charge in [0.2, 0.25) is 0 Å². The summed E-state index contributed by atoms with van der Waals surface area (Å²) in [6.07, 6.45) is 1.84. The molecule has 0 aliphatic carbocycles. The monoisotopic (exact) mass is 272 g/mol. The highest BCUT2D eigenvalue weighted by atomic mass is 19.1. The summed E-state index contributed by atoms with van der Waals surface area (Å²) in [5.41, 5.74) is 2.66. The number of rotatable bonds is 7. The van der Waals surface area contributed by atoms with Gasteiger partial charge in [0.15, 0.2) is 0 Å². The van der Waals surface area contributed by atoms with Crippen LogP contribution in [-0.4, -0.2) is 18.8 Å². The van der Waals surface area contributed by atoms with E-state index in [0.29, 0.717) is 12.0 Å². The minimum atomic E-state index is -0.581. The first-order valence-electron chi connectivity index (χ1n) is 6.48. The Bertz CT molecular complexity index is 400. The maximum atomic E-state index is 13.7. The molecule has 0 aliphatic heterocycles. The van der Waals surface area contributed by atoms with Crippen LogP contribution >= 0.6 is 0 Å². The van der Waals surface area contributed by atoms with E-state index in [-0.39, 0.29) is 6.04 Å². The minimum absolute atomic E-state index is 0.243. The Kier molecular flexibility index (Phi) is 5.85. The van der Waals surface area contributed by atoms with Gasteiger partial charge in [-0.3, -0.25) is 11.3 Å². The smallest absolute Gasteiger partial charge is 0.129 e. The maximum Gasteiger partial charge on any atom is 0.129 e. The van der Waals surface area contributed by atoms with Crippen molar-refractivity contribution >= 4 is 0 Å². The van der Waals surface area contributed by atoms with Crippen molar-refractivity contribution < 1.29 is 13.5 Å². The quantitative estimate of drug-likeness (QED) is 0.592. The first-order valence-corrected chi connectivity index (χ1v) is 6.48. The average molecular weight is 272 g/mol. The fourth-order valence-corrected chi connectivity index (χ4v) is 2.48. The Labute approximate surface area is 113 Å². The zero-order chi connectivity index (χ0) is 14.5. The van der Waals surface area contributed by atoms with Crippen molar-refractivity contribution in [2.45, 2.75) is 44.8 Å². The molecule has 1 aromatic rings. The Balaban J connectivity index is 2.98. The van der Waals surface area contributed by atoms with Crippen molar-refractivity contribution in [1.29, 1.82) is 0 Å². The number of nitrogens with two attached hydrogens (primary N) is 1. The first-order chi connectivity index (χ1) is 9.02. The Hall–Kier alpha value is -1.04. The highest BCUT2D eigenvalue weighted by molar-refractivity contribution is 5.20. The van der Waals surface area contributed by atoms with Gasteiger partial charge < -0.3 is 4.74 Å². The van der Waals surface area contributed by atoms with Crippen molar-refractivity contribution in [3.8, 4) is 0 Å². The second-order valence-corrected chi connectivity index (χ2v) is 4.64. The number of halogens is 2. The van der Waals surface area contributed by atoms with Gasteiger partial charge in [-0.05, 0) is 30.9 Å². The number of methoxy groups -OCH3 is 1. The second kappa shape index (κ2) is 6.93. The molecule has 0 radical (unpaired) electrons. The van der Waals surface area contributed by atoms with E-state index in [1.807, 2.05) is 13.8 Å². The highest BCUT2D eigenvalue weighted by Gasteiger charge is 2.35. The van der Waals surface area contributed by atoms with Crippen LogP contribution in [-0.2, 0) is 11.2 Å². The number of ether oxygens (including phenoxy) is 1. The van der Waals surface area contributed by atoms with Crippen LogP contribution in [0.25, 0.3) is 0 Å². The van der Waals surface area contributed by atoms with Crippen LogP contribution in [0.15, 0.2) is 18.2 Å². The summed E-state index contributed by atoms with van der Waals surface area (Å²) in [6.45, 7) is 4.00. The van der Waals surface area contributed by atoms with Gasteiger partial charge in [-0.1, -0.05) is 19.9 Å². The van der Waals surface area contributed by atoms with Crippen LogP contribution in [0.3, 0.4) is 0 Å². The van der Waals surface area contributed by atoms with Crippen LogP contribution in [0.4, 0.5) is 8.78 Å². The van der Waals surface area contributed by atoms with E-state index in [1.54, 1.807) is 7.11 Å². The largest absolute Gasteiger partial charge is 0.377 e. The number of hydrogen-bond acceptors (Lipinski definition) is 3. The minimum Gasteiger partial charge on any atom is -0.377 e. The third-order valence-corrected chi connectivity index (χ3v) is 3.88. The number of hydrogen-bond donors (Lipinski definition) is 2. The summed E-state index contributed by atoms with van der Waals surface area (Å²) in [7, 11) is 1.62. The predicted octanol–water partition coefficient (Wildman–Crippen LogP) is 2.54. The van der Waals surface area contributed by atoms with E-state index in [4.69, 9.17) is 10.6 Å². The van der Waals surface area contributed by atoms with Gasteiger partial charge >= 0.3 is 0 Å². The van der Waals surface area contributed by atoms with Gasteiger partial charge in [-0.25, -0.2) is 8.78 Å². The summed E-state index contributed by atoms with van der Waals surface area (Å²) in [4.78, 5) is 0. The normalized spacial score (nSPS) is 13.6. The Morgan fingerprint density at radius 2 is 1.95 bits per heavy atom. The lowest BCUT2D eigenvalue weighted by molar-refractivity contribution is -0.0474. The SMILES string of the molecule is CCC(CC)(OC)C(Cc1ccc(F)cc1F)NN. The zero-order valence-electron chi connectivity index (χ0n) is 11.7. The lowest BCUT2D eigenvalue weighted by Crippen LogP contribution is -2.55. The fraction of sp³-hybridized carbons (Fsp3) is 0.571. The summed E-state index contributed by atoms with van der Waals surface area (Å²) < 4.78 is 32.2. The van der Waals surface area contributed by atoms with Crippen LogP contribution in [0, 0.1) is 11.6 Å². The van der Waals surface area contributed by atoms with Crippen LogP contribution in [0.5, 0.6) is 0 Å². The van der Waals surface area contributed by atoms with Gasteiger partial charge in [0.1, 0.15) is 11.6 Å². The lowest BCUT2D eigenvalue weighted by Gasteiger charge is -2.38. The molecular formula is C14H22F2N2O. The molecule has 0 heterocycles. The van der Waals surface area contributed by atoms with Crippen molar-refractivity contribution in [3.05, 3.63) is 35.4 Å². The first kappa shape index (κ1) is 16.0. The van der Waals surface area contributed by atoms with E-state index in [9.17, 15) is 8.78 Å². The van der Waals surface area contributed by atoms with Crippen LogP contribution in [0.2, 0.25) is 0 Å². The molecule has 0 amide bonds. The van der Waals surface area contributed by atoms with Crippen molar-refractivity contribution in [3.63, 3.8) is 0 Å². The standard InChI is InChI=1S/C14H22F2N2O/c1-4-14(5-2,19-3)13(18-17)8-10-6-7-11(15)9-12(10)16/h6-7,9,13,18H,4-5,8,17H2,1-3H3. The summed E-state index contributed by atoms with van der Waals surface area (Å²) in [5.74, 6) is 4.45. The van der Waals surface area contributed by atoms with Gasteiger partial charge in [-0.2, -0.15) is 0 Å². The van der Waals surface area contributed by atoms with Gasteiger partial charge in [0.05, 0.1) is 11.6 Å². The molecule has 0 fully saturated rings. The van der Waals surface area contributed by atoms with E-state index in [2.05, 4.69) is 5.43 Å². The topological polar surface area (TPSA) is 47.3 Å². The lowest BCUT2D eigenvalue weighted by atomic mass is 9.84. The van der Waals surface area contributed by atoms with Gasteiger partial charge in [-0.15, -0.1) is 0 Å². The molecule has 1 atom stereocenters. The molecule has 19 heavy (non-hydrogen) atoms. The van der Waals surface area contributed by atoms with E-state index in [1.165, 1.54) is 12.1 Å². The maximum absolute atomic E-state index is 13.7. The molecule has 1 unspecified atom stereocenters. The molecular weight excluding hydrogens is 250 g/mol. The van der Waals surface area contributed by atoms with Crippen LogP contribution in [0.1, 0.15) is 32.3 Å². The molecule has 0 aromatic heterocycles. The Morgan fingerprint density at radius 3 is 2.37 bits per heavy atom. The van der Waals surface area contributed by atoms with Crippen molar-refractivity contribution in [2.24, 2.45) is 5.84 Å². The molecule has 1 aromatic carbocycles. The van der Waals surface area contributed by atoms with Crippen molar-refractivity contribution in [1.82, 2.24) is 5.43 Å². The highest BCUT2D eigenvalue weighted by Crippen LogP contribution is 2.27. The number of benzene rings is 1. The third-order valence-electron chi connectivity index (χ3n) is 3.88. The summed E-state index contributed by atoms with van der Waals surface area (Å²) in [5, 5.41) is 0. The average Bonchev–Trinajstić information content (AvgIpc) is 2.42. The molecule has 0 saturated carbocycles. The van der Waals surface area contributed by atoms with E-state index < -0.39 is 17.2 Å². The second-order valence-electron chi connectivity index (χ2n) is 4.64. The Morgan fingerprint density at radius 1 is 1.32 bits per heavy atom. The molecule has 3 nitrogen and oxygen atoms in total. The zero-order valence-corrected chi connectivity index (χ0v) is 11.7. The third kappa shape index (κ3) is 3.49. The van der Waals surface area contributed by atoms with E-state index in [0.717, 1.165) is 18.9 Å². The molecule has 1 rings (SSSR count). The molecule has 0 aliphatic rings. The molecule has 3 N–H and O–H groups in total. The van der Waals surface area contributed by atoms with Crippen molar-refractivity contribution in [2.75, 3.05) is 7.11 Å². The predicted molar refractivity (Wildman–Crippen MR) is 71.5 cm³/mol. The molecule has 108 valence electrons. The van der Waals surface area contributed by atoms with E-state index >= 15 is 0 Å². The van der Waals surface area contributed by atoms with Gasteiger partial charge in [0.25, 0.3) is 0 Å². The summed E-state index contributed by atoms with van der Waals surface area (Å²) >= 11 is 0. The molecule has 0 saturated heterocycles. The van der Waals surface area contributed by atoms with Crippen LogP contribution < -0.4 is 11.3 Å².